The quantitative estimate of drug-likeness (QED) is 0.821. The minimum absolute atomic E-state index is 0.428. The second-order valence-corrected chi connectivity index (χ2v) is 6.81. The molecule has 2 aromatic rings. The van der Waals surface area contributed by atoms with Crippen LogP contribution in [0.1, 0.15) is 37.8 Å². The molecule has 0 amide bonds. The van der Waals surface area contributed by atoms with E-state index in [1.807, 2.05) is 6.20 Å². The largest absolute Gasteiger partial charge is 0.377 e. The van der Waals surface area contributed by atoms with Crippen molar-refractivity contribution in [2.75, 3.05) is 19.7 Å². The number of nitrogens with zero attached hydrogens (tertiary/aromatic N) is 3. The number of fused-ring (bicyclic) bond motifs is 1. The second-order valence-electron chi connectivity index (χ2n) is 6.81. The SMILES string of the molecule is c1cc(CN(CC2CCC2)CC2CCCO2)n2nccc2c1. The zero-order chi connectivity index (χ0) is 14.8. The van der Waals surface area contributed by atoms with Gasteiger partial charge in [0.2, 0.25) is 0 Å². The van der Waals surface area contributed by atoms with Gasteiger partial charge < -0.3 is 4.74 Å². The number of ether oxygens (including phenoxy) is 1. The summed E-state index contributed by atoms with van der Waals surface area (Å²) in [4.78, 5) is 2.59. The lowest BCUT2D eigenvalue weighted by Crippen LogP contribution is -2.37. The average Bonchev–Trinajstić information content (AvgIpc) is 3.13. The molecule has 3 heterocycles. The molecule has 4 heteroatoms. The third-order valence-corrected chi connectivity index (χ3v) is 5.11. The normalized spacial score (nSPS) is 22.5. The molecule has 1 saturated heterocycles. The van der Waals surface area contributed by atoms with E-state index in [1.54, 1.807) is 0 Å². The minimum Gasteiger partial charge on any atom is -0.377 e. The van der Waals surface area contributed by atoms with Crippen LogP contribution >= 0.6 is 0 Å². The molecule has 1 aliphatic heterocycles. The van der Waals surface area contributed by atoms with E-state index in [9.17, 15) is 0 Å². The molecular formula is C18H25N3O. The Morgan fingerprint density at radius 1 is 1.14 bits per heavy atom. The first-order valence-electron chi connectivity index (χ1n) is 8.64. The van der Waals surface area contributed by atoms with Gasteiger partial charge in [-0.3, -0.25) is 4.90 Å². The lowest BCUT2D eigenvalue weighted by molar-refractivity contribution is 0.0573. The van der Waals surface area contributed by atoms with Crippen molar-refractivity contribution in [3.8, 4) is 0 Å². The number of aromatic nitrogens is 2. The van der Waals surface area contributed by atoms with Crippen LogP contribution in [0.15, 0.2) is 30.5 Å². The van der Waals surface area contributed by atoms with Gasteiger partial charge in [0.15, 0.2) is 0 Å². The Hall–Kier alpha value is -1.39. The van der Waals surface area contributed by atoms with Crippen molar-refractivity contribution in [2.45, 2.75) is 44.8 Å². The Morgan fingerprint density at radius 3 is 2.86 bits per heavy atom. The summed E-state index contributed by atoms with van der Waals surface area (Å²) in [6.45, 7) is 4.18. The van der Waals surface area contributed by atoms with Crippen LogP contribution < -0.4 is 0 Å². The van der Waals surface area contributed by atoms with Crippen molar-refractivity contribution in [3.63, 3.8) is 0 Å². The Labute approximate surface area is 132 Å². The maximum atomic E-state index is 5.86. The summed E-state index contributed by atoms with van der Waals surface area (Å²) >= 11 is 0. The van der Waals surface area contributed by atoms with Gasteiger partial charge in [0, 0.05) is 32.4 Å². The van der Waals surface area contributed by atoms with E-state index in [2.05, 4.69) is 38.8 Å². The molecule has 0 radical (unpaired) electrons. The fourth-order valence-electron chi connectivity index (χ4n) is 3.68. The topological polar surface area (TPSA) is 29.8 Å². The van der Waals surface area contributed by atoms with Gasteiger partial charge in [0.1, 0.15) is 0 Å². The number of hydrogen-bond donors (Lipinski definition) is 0. The standard InChI is InChI=1S/C18H25N3O/c1-4-15(5-1)12-20(14-18-8-3-11-22-18)13-17-7-2-6-16-9-10-19-21(16)17/h2,6-7,9-10,15,18H,1,3-5,8,11-14H2. The first-order chi connectivity index (χ1) is 10.9. The molecule has 22 heavy (non-hydrogen) atoms. The summed E-state index contributed by atoms with van der Waals surface area (Å²) in [7, 11) is 0. The van der Waals surface area contributed by atoms with Gasteiger partial charge in [0.25, 0.3) is 0 Å². The van der Waals surface area contributed by atoms with E-state index in [0.717, 1.165) is 25.6 Å². The van der Waals surface area contributed by atoms with Gasteiger partial charge in [-0.2, -0.15) is 5.10 Å². The van der Waals surface area contributed by atoms with Crippen molar-refractivity contribution in [1.29, 1.82) is 0 Å². The first-order valence-corrected chi connectivity index (χ1v) is 8.64. The first kappa shape index (κ1) is 14.2. The fourth-order valence-corrected chi connectivity index (χ4v) is 3.68. The van der Waals surface area contributed by atoms with E-state index >= 15 is 0 Å². The zero-order valence-corrected chi connectivity index (χ0v) is 13.2. The molecule has 1 atom stereocenters. The van der Waals surface area contributed by atoms with E-state index in [-0.39, 0.29) is 0 Å². The summed E-state index contributed by atoms with van der Waals surface area (Å²) in [5.74, 6) is 0.887. The summed E-state index contributed by atoms with van der Waals surface area (Å²) < 4.78 is 7.94. The Balaban J connectivity index is 1.49. The Morgan fingerprint density at radius 2 is 2.09 bits per heavy atom. The third kappa shape index (κ3) is 3.03. The monoisotopic (exact) mass is 299 g/mol. The van der Waals surface area contributed by atoms with Gasteiger partial charge in [-0.1, -0.05) is 12.5 Å². The molecule has 118 valence electrons. The van der Waals surface area contributed by atoms with Crippen molar-refractivity contribution < 1.29 is 4.74 Å². The Bertz CT molecular complexity index is 614. The molecule has 2 aliphatic rings. The molecule has 1 unspecified atom stereocenters. The van der Waals surface area contributed by atoms with Crippen LogP contribution in [-0.4, -0.2) is 40.3 Å². The minimum atomic E-state index is 0.428. The zero-order valence-electron chi connectivity index (χ0n) is 13.2. The molecule has 1 aliphatic carbocycles. The van der Waals surface area contributed by atoms with Crippen LogP contribution in [0.4, 0.5) is 0 Å². The van der Waals surface area contributed by atoms with Crippen LogP contribution in [0.2, 0.25) is 0 Å². The lowest BCUT2D eigenvalue weighted by Gasteiger charge is -2.33. The van der Waals surface area contributed by atoms with Crippen molar-refractivity contribution in [2.24, 2.45) is 5.92 Å². The molecule has 0 aromatic carbocycles. The van der Waals surface area contributed by atoms with Crippen molar-refractivity contribution in [1.82, 2.24) is 14.5 Å². The molecule has 0 spiro atoms. The highest BCUT2D eigenvalue weighted by molar-refractivity contribution is 5.46. The van der Waals surface area contributed by atoms with Gasteiger partial charge in [-0.15, -0.1) is 0 Å². The summed E-state index contributed by atoms with van der Waals surface area (Å²) in [6.07, 6.45) is 8.95. The molecule has 0 N–H and O–H groups in total. The number of pyridine rings is 1. The molecule has 2 aromatic heterocycles. The predicted molar refractivity (Wildman–Crippen MR) is 86.8 cm³/mol. The molecule has 0 bridgehead atoms. The van der Waals surface area contributed by atoms with E-state index in [0.29, 0.717) is 6.10 Å². The van der Waals surface area contributed by atoms with Gasteiger partial charge in [-0.25, -0.2) is 4.52 Å². The second kappa shape index (κ2) is 6.39. The smallest absolute Gasteiger partial charge is 0.0702 e. The average molecular weight is 299 g/mol. The fraction of sp³-hybridized carbons (Fsp3) is 0.611. The van der Waals surface area contributed by atoms with E-state index < -0.39 is 0 Å². The van der Waals surface area contributed by atoms with Crippen LogP contribution in [-0.2, 0) is 11.3 Å². The van der Waals surface area contributed by atoms with Crippen molar-refractivity contribution in [3.05, 3.63) is 36.2 Å². The molecule has 4 nitrogen and oxygen atoms in total. The maximum Gasteiger partial charge on any atom is 0.0702 e. The molecular weight excluding hydrogens is 274 g/mol. The summed E-state index contributed by atoms with van der Waals surface area (Å²) in [5, 5.41) is 4.48. The summed E-state index contributed by atoms with van der Waals surface area (Å²) in [5.41, 5.74) is 2.46. The van der Waals surface area contributed by atoms with E-state index in [1.165, 1.54) is 49.9 Å². The third-order valence-electron chi connectivity index (χ3n) is 5.11. The highest BCUT2D eigenvalue weighted by Gasteiger charge is 2.25. The van der Waals surface area contributed by atoms with Gasteiger partial charge in [0.05, 0.1) is 17.3 Å². The Kier molecular flexibility index (Phi) is 4.13. The highest BCUT2D eigenvalue weighted by atomic mass is 16.5. The maximum absolute atomic E-state index is 5.86. The lowest BCUT2D eigenvalue weighted by atomic mass is 9.85. The number of rotatable bonds is 6. The highest BCUT2D eigenvalue weighted by Crippen LogP contribution is 2.28. The molecule has 2 fully saturated rings. The van der Waals surface area contributed by atoms with Gasteiger partial charge in [-0.05, 0) is 49.8 Å². The van der Waals surface area contributed by atoms with Crippen molar-refractivity contribution >= 4 is 5.52 Å². The van der Waals surface area contributed by atoms with Crippen LogP contribution in [0.25, 0.3) is 5.52 Å². The van der Waals surface area contributed by atoms with Crippen LogP contribution in [0.3, 0.4) is 0 Å². The number of hydrogen-bond acceptors (Lipinski definition) is 3. The molecule has 1 saturated carbocycles. The van der Waals surface area contributed by atoms with Crippen LogP contribution in [0.5, 0.6) is 0 Å². The summed E-state index contributed by atoms with van der Waals surface area (Å²) in [6, 6.07) is 8.52. The predicted octanol–water partition coefficient (Wildman–Crippen LogP) is 3.12. The van der Waals surface area contributed by atoms with Crippen LogP contribution in [0, 0.1) is 5.92 Å². The van der Waals surface area contributed by atoms with E-state index in [4.69, 9.17) is 4.74 Å². The van der Waals surface area contributed by atoms with Gasteiger partial charge >= 0.3 is 0 Å². The molecule has 4 rings (SSSR count).